The smallest absolute Gasteiger partial charge is 0.244 e. The van der Waals surface area contributed by atoms with Gasteiger partial charge in [0.1, 0.15) is 17.0 Å². The monoisotopic (exact) mass is 666 g/mol. The van der Waals surface area contributed by atoms with Crippen LogP contribution in [0.1, 0.15) is 29.4 Å². The fraction of sp³-hybridized carbons (Fsp3) is 0.133. The van der Waals surface area contributed by atoms with Crippen LogP contribution in [0, 0.1) is 6.92 Å². The molecule has 0 aliphatic rings. The van der Waals surface area contributed by atoms with Crippen LogP contribution in [-0.4, -0.2) is 30.8 Å². The summed E-state index contributed by atoms with van der Waals surface area (Å²) >= 11 is 17.0. The minimum atomic E-state index is -0.278. The lowest BCUT2D eigenvalue weighted by molar-refractivity contribution is -0.116. The predicted molar refractivity (Wildman–Crippen MR) is 167 cm³/mol. The fourth-order valence-electron chi connectivity index (χ4n) is 4.26. The number of amides is 2. The van der Waals surface area contributed by atoms with Gasteiger partial charge in [0.05, 0.1) is 22.9 Å². The average molecular weight is 668 g/mol. The summed E-state index contributed by atoms with van der Waals surface area (Å²) in [6, 6.07) is 14.5. The molecule has 0 aliphatic heterocycles. The number of halogens is 3. The van der Waals surface area contributed by atoms with Crippen molar-refractivity contribution in [3.63, 3.8) is 0 Å². The van der Waals surface area contributed by atoms with E-state index in [4.69, 9.17) is 27.9 Å². The molecule has 0 bridgehead atoms. The Balaban J connectivity index is 1.27. The molecular formula is C30H25BrCl2N6O3. The van der Waals surface area contributed by atoms with E-state index in [9.17, 15) is 9.59 Å². The lowest BCUT2D eigenvalue weighted by atomic mass is 10.2. The maximum absolute atomic E-state index is 12.5. The quantitative estimate of drug-likeness (QED) is 0.169. The van der Waals surface area contributed by atoms with Crippen LogP contribution in [0.5, 0.6) is 5.75 Å². The van der Waals surface area contributed by atoms with Crippen LogP contribution in [-0.2, 0) is 22.7 Å². The maximum atomic E-state index is 12.5. The van der Waals surface area contributed by atoms with Gasteiger partial charge in [-0.25, -0.2) is 9.97 Å². The van der Waals surface area contributed by atoms with Gasteiger partial charge in [0.15, 0.2) is 11.4 Å². The average Bonchev–Trinajstić information content (AvgIpc) is 3.55. The summed E-state index contributed by atoms with van der Waals surface area (Å²) < 4.78 is 10.8. The molecule has 0 aliphatic carbocycles. The number of anilines is 1. The van der Waals surface area contributed by atoms with Crippen molar-refractivity contribution in [2.24, 2.45) is 0 Å². The molecule has 0 spiro atoms. The van der Waals surface area contributed by atoms with Crippen LogP contribution in [0.3, 0.4) is 0 Å². The standard InChI is InChI=1S/C30H25BrCl2N6O3/c1-18-29(31)39-14-4-6-25(30(39)36-18)42-17-22-23(32)9-10-24(28(22)33)38-13-3-5-21(38)16-35-27(41)12-8-20-7-11-26(34-15-20)37-19(2)40/h3-15H,16-17H2,1-2H3,(H,35,41)(H,34,37,40). The van der Waals surface area contributed by atoms with E-state index in [1.807, 2.05) is 58.6 Å². The molecule has 0 fully saturated rings. The van der Waals surface area contributed by atoms with Crippen LogP contribution >= 0.6 is 39.1 Å². The first-order valence-electron chi connectivity index (χ1n) is 12.8. The highest BCUT2D eigenvalue weighted by atomic mass is 79.9. The molecule has 12 heteroatoms. The number of carbonyl (C=O) groups is 2. The summed E-state index contributed by atoms with van der Waals surface area (Å²) in [5.74, 6) is 0.561. The minimum Gasteiger partial charge on any atom is -0.485 e. The Morgan fingerprint density at radius 1 is 1.10 bits per heavy atom. The van der Waals surface area contributed by atoms with Crippen LogP contribution in [0.2, 0.25) is 10.0 Å². The molecule has 0 unspecified atom stereocenters. The van der Waals surface area contributed by atoms with Gasteiger partial charge in [-0.15, -0.1) is 0 Å². The second-order valence-electron chi connectivity index (χ2n) is 9.28. The number of hydrogen-bond donors (Lipinski definition) is 2. The molecule has 42 heavy (non-hydrogen) atoms. The van der Waals surface area contributed by atoms with Gasteiger partial charge in [-0.3, -0.25) is 14.0 Å². The summed E-state index contributed by atoms with van der Waals surface area (Å²) in [5.41, 5.74) is 4.40. The summed E-state index contributed by atoms with van der Waals surface area (Å²) in [6.45, 7) is 3.72. The zero-order valence-electron chi connectivity index (χ0n) is 22.6. The van der Waals surface area contributed by atoms with Gasteiger partial charge in [0.2, 0.25) is 11.8 Å². The molecule has 9 nitrogen and oxygen atoms in total. The number of nitrogens with one attached hydrogen (secondary N) is 2. The number of pyridine rings is 2. The van der Waals surface area contributed by atoms with Gasteiger partial charge >= 0.3 is 0 Å². The van der Waals surface area contributed by atoms with Crippen LogP contribution in [0.4, 0.5) is 5.82 Å². The number of imidazole rings is 1. The Kier molecular flexibility index (Phi) is 8.96. The van der Waals surface area contributed by atoms with Gasteiger partial charge in [0, 0.05) is 47.9 Å². The molecule has 5 aromatic rings. The summed E-state index contributed by atoms with van der Waals surface area (Å²) in [4.78, 5) is 32.4. The summed E-state index contributed by atoms with van der Waals surface area (Å²) in [5, 5.41) is 6.40. The minimum absolute atomic E-state index is 0.132. The molecule has 1 aromatic carbocycles. The highest BCUT2D eigenvalue weighted by molar-refractivity contribution is 9.10. The molecule has 2 amide bonds. The lowest BCUT2D eigenvalue weighted by Gasteiger charge is -2.16. The van der Waals surface area contributed by atoms with Gasteiger partial charge in [-0.05, 0) is 83.0 Å². The summed E-state index contributed by atoms with van der Waals surface area (Å²) in [7, 11) is 0. The molecule has 4 aromatic heterocycles. The highest BCUT2D eigenvalue weighted by Gasteiger charge is 2.17. The lowest BCUT2D eigenvalue weighted by Crippen LogP contribution is -2.21. The normalized spacial score (nSPS) is 11.3. The summed E-state index contributed by atoms with van der Waals surface area (Å²) in [6.07, 6.45) is 8.40. The first-order chi connectivity index (χ1) is 20.2. The number of aryl methyl sites for hydroxylation is 1. The van der Waals surface area contributed by atoms with Gasteiger partial charge < -0.3 is 19.9 Å². The molecule has 0 saturated carbocycles. The Morgan fingerprint density at radius 2 is 1.90 bits per heavy atom. The number of benzene rings is 1. The van der Waals surface area contributed by atoms with E-state index in [2.05, 4.69) is 36.5 Å². The van der Waals surface area contributed by atoms with E-state index in [1.54, 1.807) is 30.5 Å². The van der Waals surface area contributed by atoms with E-state index >= 15 is 0 Å². The first kappa shape index (κ1) is 29.4. The topological polar surface area (TPSA) is 103 Å². The zero-order chi connectivity index (χ0) is 29.8. The van der Waals surface area contributed by atoms with Gasteiger partial charge in [-0.1, -0.05) is 23.2 Å². The molecule has 0 radical (unpaired) electrons. The van der Waals surface area contributed by atoms with E-state index in [0.29, 0.717) is 38.5 Å². The van der Waals surface area contributed by atoms with Crippen molar-refractivity contribution >= 4 is 68.5 Å². The van der Waals surface area contributed by atoms with Gasteiger partial charge in [0.25, 0.3) is 0 Å². The van der Waals surface area contributed by atoms with Crippen LogP contribution < -0.4 is 15.4 Å². The van der Waals surface area contributed by atoms with Crippen molar-refractivity contribution in [2.45, 2.75) is 27.0 Å². The Morgan fingerprint density at radius 3 is 2.67 bits per heavy atom. The van der Waals surface area contributed by atoms with Crippen molar-refractivity contribution in [1.82, 2.24) is 24.3 Å². The van der Waals surface area contributed by atoms with Gasteiger partial charge in [-0.2, -0.15) is 0 Å². The maximum Gasteiger partial charge on any atom is 0.244 e. The predicted octanol–water partition coefficient (Wildman–Crippen LogP) is 6.76. The number of ether oxygens (including phenoxy) is 1. The third-order valence-electron chi connectivity index (χ3n) is 6.31. The molecule has 0 atom stereocenters. The van der Waals surface area contributed by atoms with E-state index < -0.39 is 0 Å². The van der Waals surface area contributed by atoms with E-state index in [-0.39, 0.29) is 25.0 Å². The molecule has 2 N–H and O–H groups in total. The molecular weight excluding hydrogens is 643 g/mol. The second-order valence-corrected chi connectivity index (χ2v) is 10.8. The number of hydrogen-bond acceptors (Lipinski definition) is 5. The van der Waals surface area contributed by atoms with Crippen molar-refractivity contribution in [3.05, 3.63) is 110 Å². The Bertz CT molecular complexity index is 1810. The largest absolute Gasteiger partial charge is 0.485 e. The number of carbonyl (C=O) groups excluding carboxylic acids is 2. The highest BCUT2D eigenvalue weighted by Crippen LogP contribution is 2.33. The number of nitrogens with zero attached hydrogens (tertiary/aromatic N) is 4. The molecule has 214 valence electrons. The molecule has 0 saturated heterocycles. The number of rotatable bonds is 9. The Hall–Kier alpha value is -4.12. The van der Waals surface area contributed by atoms with Crippen molar-refractivity contribution in [2.75, 3.05) is 5.32 Å². The fourth-order valence-corrected chi connectivity index (χ4v) is 5.20. The SMILES string of the molecule is CC(=O)Nc1ccc(C=CC(=O)NCc2cccn2-c2ccc(Cl)c(COc3cccn4c(Br)c(C)nc34)c2Cl)cn1. The van der Waals surface area contributed by atoms with Crippen molar-refractivity contribution < 1.29 is 14.3 Å². The molecule has 5 rings (SSSR count). The number of aromatic nitrogens is 4. The first-order valence-corrected chi connectivity index (χ1v) is 14.3. The van der Waals surface area contributed by atoms with Crippen LogP contribution in [0.15, 0.2) is 77.8 Å². The van der Waals surface area contributed by atoms with E-state index in [1.165, 1.54) is 13.0 Å². The third kappa shape index (κ3) is 6.51. The number of fused-ring (bicyclic) bond motifs is 1. The Labute approximate surface area is 260 Å². The van der Waals surface area contributed by atoms with E-state index in [0.717, 1.165) is 21.6 Å². The second kappa shape index (κ2) is 12.8. The third-order valence-corrected chi connectivity index (χ3v) is 8.04. The van der Waals surface area contributed by atoms with Crippen LogP contribution in [0.25, 0.3) is 17.4 Å². The molecule has 4 heterocycles. The van der Waals surface area contributed by atoms with Crippen molar-refractivity contribution in [1.29, 1.82) is 0 Å². The van der Waals surface area contributed by atoms with Crippen molar-refractivity contribution in [3.8, 4) is 11.4 Å². The zero-order valence-corrected chi connectivity index (χ0v) is 25.7.